The number of benzene rings is 1. The highest BCUT2D eigenvalue weighted by molar-refractivity contribution is 7.89. The smallest absolute Gasteiger partial charge is 0.257 e. The molecule has 3 rings (SSSR count). The van der Waals surface area contributed by atoms with Gasteiger partial charge in [-0.15, -0.1) is 22.7 Å². The van der Waals surface area contributed by atoms with Crippen LogP contribution >= 0.6 is 22.7 Å². The predicted molar refractivity (Wildman–Crippen MR) is 110 cm³/mol. The minimum atomic E-state index is -3.63. The molecule has 3 aromatic rings. The molecule has 0 atom stereocenters. The molecule has 0 spiro atoms. The molecule has 0 unspecified atom stereocenters. The molecule has 0 aliphatic carbocycles. The molecule has 6 nitrogen and oxygen atoms in total. The lowest BCUT2D eigenvalue weighted by atomic mass is 10.1. The van der Waals surface area contributed by atoms with Crippen LogP contribution in [0.3, 0.4) is 0 Å². The van der Waals surface area contributed by atoms with Crippen LogP contribution in [-0.2, 0) is 10.0 Å². The average Bonchev–Trinajstić information content (AvgIpc) is 3.23. The number of anilines is 1. The second kappa shape index (κ2) is 7.51. The second-order valence-corrected chi connectivity index (χ2v) is 10.3. The molecule has 27 heavy (non-hydrogen) atoms. The maximum absolute atomic E-state index is 12.4. The molecular formula is C18H19N3O3S3. The number of nitrogens with zero attached hydrogens (tertiary/aromatic N) is 1. The van der Waals surface area contributed by atoms with E-state index in [4.69, 9.17) is 0 Å². The SMILES string of the molecule is CC(C)(C)NS(=O)(=O)c1ccc(C(=O)Nc2nc(-c3cccs3)cs2)cc1. The van der Waals surface area contributed by atoms with Crippen molar-refractivity contribution >= 4 is 43.7 Å². The molecule has 0 aliphatic heterocycles. The summed E-state index contributed by atoms with van der Waals surface area (Å²) in [6, 6.07) is 9.72. The van der Waals surface area contributed by atoms with E-state index in [0.29, 0.717) is 10.7 Å². The molecule has 142 valence electrons. The van der Waals surface area contributed by atoms with E-state index in [9.17, 15) is 13.2 Å². The molecule has 0 bridgehead atoms. The molecule has 0 saturated carbocycles. The van der Waals surface area contributed by atoms with Crippen molar-refractivity contribution in [2.24, 2.45) is 0 Å². The van der Waals surface area contributed by atoms with Crippen LogP contribution in [0.5, 0.6) is 0 Å². The van der Waals surface area contributed by atoms with E-state index >= 15 is 0 Å². The van der Waals surface area contributed by atoms with E-state index in [2.05, 4.69) is 15.0 Å². The number of rotatable bonds is 5. The Kier molecular flexibility index (Phi) is 5.48. The van der Waals surface area contributed by atoms with Gasteiger partial charge in [0.05, 0.1) is 15.5 Å². The van der Waals surface area contributed by atoms with Crippen molar-refractivity contribution in [2.45, 2.75) is 31.2 Å². The fraction of sp³-hybridized carbons (Fsp3) is 0.222. The summed E-state index contributed by atoms with van der Waals surface area (Å²) in [4.78, 5) is 17.9. The minimum absolute atomic E-state index is 0.114. The lowest BCUT2D eigenvalue weighted by Gasteiger charge is -2.20. The number of carbonyl (C=O) groups excluding carboxylic acids is 1. The first-order chi connectivity index (χ1) is 12.6. The summed E-state index contributed by atoms with van der Waals surface area (Å²) < 4.78 is 27.2. The zero-order chi connectivity index (χ0) is 19.7. The number of carbonyl (C=O) groups is 1. The van der Waals surface area contributed by atoms with Crippen LogP contribution in [0.2, 0.25) is 0 Å². The van der Waals surface area contributed by atoms with Gasteiger partial charge in [0.15, 0.2) is 5.13 Å². The topological polar surface area (TPSA) is 88.2 Å². The summed E-state index contributed by atoms with van der Waals surface area (Å²) in [5.41, 5.74) is 0.595. The fourth-order valence-electron chi connectivity index (χ4n) is 2.29. The predicted octanol–water partition coefficient (Wildman–Crippen LogP) is 4.20. The van der Waals surface area contributed by atoms with Crippen LogP contribution in [0.15, 0.2) is 52.1 Å². The van der Waals surface area contributed by atoms with Crippen LogP contribution in [-0.4, -0.2) is 24.8 Å². The van der Waals surface area contributed by atoms with Crippen molar-refractivity contribution in [1.29, 1.82) is 0 Å². The van der Waals surface area contributed by atoms with E-state index in [1.807, 2.05) is 22.9 Å². The highest BCUT2D eigenvalue weighted by Crippen LogP contribution is 2.28. The Hall–Kier alpha value is -2.07. The Bertz CT molecular complexity index is 1030. The molecule has 1 aromatic carbocycles. The summed E-state index contributed by atoms with van der Waals surface area (Å²) in [6.45, 7) is 5.31. The number of amides is 1. The third-order valence-electron chi connectivity index (χ3n) is 3.37. The first-order valence-electron chi connectivity index (χ1n) is 8.09. The Morgan fingerprint density at radius 1 is 1.07 bits per heavy atom. The third kappa shape index (κ3) is 5.01. The van der Waals surface area contributed by atoms with Crippen LogP contribution in [0.4, 0.5) is 5.13 Å². The summed E-state index contributed by atoms with van der Waals surface area (Å²) in [5.74, 6) is -0.338. The molecule has 0 aliphatic rings. The van der Waals surface area contributed by atoms with Crippen molar-refractivity contribution in [2.75, 3.05) is 5.32 Å². The van der Waals surface area contributed by atoms with Crippen LogP contribution < -0.4 is 10.0 Å². The average molecular weight is 422 g/mol. The van der Waals surface area contributed by atoms with Gasteiger partial charge in [-0.3, -0.25) is 10.1 Å². The third-order valence-corrected chi connectivity index (χ3v) is 6.79. The van der Waals surface area contributed by atoms with Gasteiger partial charge in [0, 0.05) is 16.5 Å². The van der Waals surface area contributed by atoms with E-state index in [1.165, 1.54) is 35.6 Å². The summed E-state index contributed by atoms with van der Waals surface area (Å²) >= 11 is 2.92. The van der Waals surface area contributed by atoms with Gasteiger partial charge in [-0.05, 0) is 56.5 Å². The van der Waals surface area contributed by atoms with E-state index in [1.54, 1.807) is 32.1 Å². The number of aromatic nitrogens is 1. The first-order valence-corrected chi connectivity index (χ1v) is 11.3. The number of hydrogen-bond donors (Lipinski definition) is 2. The Morgan fingerprint density at radius 2 is 1.78 bits per heavy atom. The molecule has 0 radical (unpaired) electrons. The maximum Gasteiger partial charge on any atom is 0.257 e. The zero-order valence-corrected chi connectivity index (χ0v) is 17.5. The lowest BCUT2D eigenvalue weighted by molar-refractivity contribution is 0.102. The number of thiazole rings is 1. The van der Waals surface area contributed by atoms with E-state index in [-0.39, 0.29) is 10.8 Å². The summed E-state index contributed by atoms with van der Waals surface area (Å²) in [5, 5.41) is 7.09. The number of hydrogen-bond acceptors (Lipinski definition) is 6. The van der Waals surface area contributed by atoms with Crippen LogP contribution in [0.25, 0.3) is 10.6 Å². The maximum atomic E-state index is 12.4. The molecular weight excluding hydrogens is 402 g/mol. The highest BCUT2D eigenvalue weighted by atomic mass is 32.2. The van der Waals surface area contributed by atoms with Gasteiger partial charge in [0.1, 0.15) is 0 Å². The standard InChI is InChI=1S/C18H19N3O3S3/c1-18(2,3)21-27(23,24)13-8-6-12(7-9-13)16(22)20-17-19-14(11-26-17)15-5-4-10-25-15/h4-11,21H,1-3H3,(H,19,20,22). The van der Waals surface area contributed by atoms with Gasteiger partial charge < -0.3 is 0 Å². The molecule has 2 heterocycles. The van der Waals surface area contributed by atoms with Crippen molar-refractivity contribution < 1.29 is 13.2 Å². The monoisotopic (exact) mass is 421 g/mol. The summed E-state index contributed by atoms with van der Waals surface area (Å²) in [7, 11) is -3.63. The van der Waals surface area contributed by atoms with Crippen molar-refractivity contribution in [3.63, 3.8) is 0 Å². The fourth-order valence-corrected chi connectivity index (χ4v) is 5.17. The molecule has 9 heteroatoms. The first kappa shape index (κ1) is 19.7. The van der Waals surface area contributed by atoms with Crippen molar-refractivity contribution in [3.05, 3.63) is 52.7 Å². The van der Waals surface area contributed by atoms with Gasteiger partial charge >= 0.3 is 0 Å². The molecule has 0 fully saturated rings. The minimum Gasteiger partial charge on any atom is -0.298 e. The highest BCUT2D eigenvalue weighted by Gasteiger charge is 2.22. The zero-order valence-electron chi connectivity index (χ0n) is 15.0. The molecule has 0 saturated heterocycles. The van der Waals surface area contributed by atoms with Crippen LogP contribution in [0, 0.1) is 0 Å². The van der Waals surface area contributed by atoms with E-state index < -0.39 is 15.6 Å². The Morgan fingerprint density at radius 3 is 2.37 bits per heavy atom. The molecule has 2 aromatic heterocycles. The van der Waals surface area contributed by atoms with Crippen molar-refractivity contribution in [3.8, 4) is 10.6 Å². The number of nitrogens with one attached hydrogen (secondary N) is 2. The van der Waals surface area contributed by atoms with E-state index in [0.717, 1.165) is 10.6 Å². The van der Waals surface area contributed by atoms with Gasteiger partial charge in [-0.25, -0.2) is 18.1 Å². The van der Waals surface area contributed by atoms with Crippen LogP contribution in [0.1, 0.15) is 31.1 Å². The van der Waals surface area contributed by atoms with Gasteiger partial charge in [0.2, 0.25) is 10.0 Å². The molecule has 1 amide bonds. The molecule has 2 N–H and O–H groups in total. The Balaban J connectivity index is 1.71. The van der Waals surface area contributed by atoms with Gasteiger partial charge in [0.25, 0.3) is 5.91 Å². The van der Waals surface area contributed by atoms with Crippen molar-refractivity contribution in [1.82, 2.24) is 9.71 Å². The number of sulfonamides is 1. The summed E-state index contributed by atoms with van der Waals surface area (Å²) in [6.07, 6.45) is 0. The second-order valence-electron chi connectivity index (χ2n) is 6.85. The van der Waals surface area contributed by atoms with Gasteiger partial charge in [-0.1, -0.05) is 6.07 Å². The quantitative estimate of drug-likeness (QED) is 0.646. The Labute approximate surface area is 166 Å². The number of thiophene rings is 1. The largest absolute Gasteiger partial charge is 0.298 e. The normalized spacial score (nSPS) is 12.1. The van der Waals surface area contributed by atoms with Gasteiger partial charge in [-0.2, -0.15) is 0 Å². The lowest BCUT2D eigenvalue weighted by Crippen LogP contribution is -2.40.